The largest absolute Gasteiger partial charge is 0.443 e. The molecule has 12 heteroatoms. The van der Waals surface area contributed by atoms with Gasteiger partial charge in [0, 0.05) is 34.1 Å². The molecule has 0 radical (unpaired) electrons. The smallest absolute Gasteiger partial charge is 0.424 e. The van der Waals surface area contributed by atoms with E-state index in [0.29, 0.717) is 5.56 Å². The summed E-state index contributed by atoms with van der Waals surface area (Å²) in [5, 5.41) is 4.34. The van der Waals surface area contributed by atoms with E-state index in [1.807, 2.05) is 27.0 Å². The molecule has 0 aliphatic rings. The highest BCUT2D eigenvalue weighted by Crippen LogP contribution is 2.33. The van der Waals surface area contributed by atoms with E-state index >= 15 is 0 Å². The Morgan fingerprint density at radius 1 is 1.08 bits per heavy atom. The monoisotopic (exact) mass is 563 g/mol. The molecule has 0 N–H and O–H groups in total. The molecule has 0 saturated heterocycles. The molecule has 0 fully saturated rings. The Bertz CT molecular complexity index is 1590. The van der Waals surface area contributed by atoms with Crippen molar-refractivity contribution in [3.05, 3.63) is 68.7 Å². The van der Waals surface area contributed by atoms with Crippen molar-refractivity contribution in [2.45, 2.75) is 65.7 Å². The number of halogens is 3. The van der Waals surface area contributed by atoms with Gasteiger partial charge in [-0.3, -0.25) is 4.68 Å². The lowest BCUT2D eigenvalue weighted by Gasteiger charge is -2.19. The van der Waals surface area contributed by atoms with E-state index in [9.17, 15) is 14.0 Å². The van der Waals surface area contributed by atoms with E-state index in [1.165, 1.54) is 12.3 Å². The van der Waals surface area contributed by atoms with Gasteiger partial charge in [0.25, 0.3) is 0 Å². The second-order valence-electron chi connectivity index (χ2n) is 10.8. The van der Waals surface area contributed by atoms with Crippen LogP contribution in [0.4, 0.5) is 9.18 Å². The molecule has 0 bridgehead atoms. The number of fused-ring (bicyclic) bond motifs is 1. The summed E-state index contributed by atoms with van der Waals surface area (Å²) in [6, 6.07) is 4.13. The van der Waals surface area contributed by atoms with Crippen LogP contribution in [0.1, 0.15) is 60.1 Å². The molecule has 0 amide bonds. The number of hydrogen-bond acceptors (Lipinski definition) is 6. The molecule has 3 aromatic heterocycles. The summed E-state index contributed by atoms with van der Waals surface area (Å²) in [7, 11) is 0. The van der Waals surface area contributed by atoms with Gasteiger partial charge in [-0.25, -0.2) is 19.0 Å². The number of imidazole rings is 1. The predicted octanol–water partition coefficient (Wildman–Crippen LogP) is 6.24. The van der Waals surface area contributed by atoms with Crippen molar-refractivity contribution in [1.82, 2.24) is 24.1 Å². The summed E-state index contributed by atoms with van der Waals surface area (Å²) in [5.41, 5.74) is -0.280. The van der Waals surface area contributed by atoms with Gasteiger partial charge in [0.2, 0.25) is 0 Å². The van der Waals surface area contributed by atoms with Crippen molar-refractivity contribution in [3.8, 4) is 11.1 Å². The van der Waals surface area contributed by atoms with Crippen LogP contribution in [0.2, 0.25) is 10.0 Å². The predicted molar refractivity (Wildman–Crippen MR) is 143 cm³/mol. The fourth-order valence-electron chi connectivity index (χ4n) is 3.75. The first kappa shape index (κ1) is 27.7. The Kier molecular flexibility index (Phi) is 7.09. The Morgan fingerprint density at radius 3 is 2.37 bits per heavy atom. The van der Waals surface area contributed by atoms with Gasteiger partial charge in [-0.15, -0.1) is 4.73 Å². The number of ether oxygens (including phenoxy) is 1. The normalized spacial score (nSPS) is 13.1. The van der Waals surface area contributed by atoms with Gasteiger partial charge < -0.3 is 9.57 Å². The summed E-state index contributed by atoms with van der Waals surface area (Å²) in [6.45, 7) is 12.6. The zero-order valence-corrected chi connectivity index (χ0v) is 23.6. The Hall–Kier alpha value is -3.37. The summed E-state index contributed by atoms with van der Waals surface area (Å²) in [6.07, 6.45) is 3.16. The first-order valence-electron chi connectivity index (χ1n) is 11.8. The molecular weight excluding hydrogens is 536 g/mol. The van der Waals surface area contributed by atoms with Crippen molar-refractivity contribution in [1.29, 1.82) is 0 Å². The van der Waals surface area contributed by atoms with Gasteiger partial charge in [-0.05, 0) is 66.7 Å². The molecule has 9 nitrogen and oxygen atoms in total. The van der Waals surface area contributed by atoms with Crippen LogP contribution in [0.5, 0.6) is 0 Å². The maximum atomic E-state index is 14.2. The van der Waals surface area contributed by atoms with E-state index in [1.54, 1.807) is 44.6 Å². The number of nitrogens with zero attached hydrogens (tertiary/aromatic N) is 5. The van der Waals surface area contributed by atoms with Crippen LogP contribution in [0.3, 0.4) is 0 Å². The topological polar surface area (TPSA) is 93.2 Å². The zero-order valence-electron chi connectivity index (χ0n) is 22.0. The summed E-state index contributed by atoms with van der Waals surface area (Å²) < 4.78 is 23.1. The lowest BCUT2D eigenvalue weighted by Crippen LogP contribution is -2.36. The lowest BCUT2D eigenvalue weighted by molar-refractivity contribution is 0.0402. The molecule has 4 aromatic rings. The van der Waals surface area contributed by atoms with Crippen molar-refractivity contribution in [2.75, 3.05) is 0 Å². The van der Waals surface area contributed by atoms with Crippen molar-refractivity contribution in [3.63, 3.8) is 0 Å². The molecule has 0 spiro atoms. The first-order valence-corrected chi connectivity index (χ1v) is 12.6. The summed E-state index contributed by atoms with van der Waals surface area (Å²) in [5.74, 6) is -0.690. The number of rotatable bonds is 4. The quantitative estimate of drug-likeness (QED) is 0.273. The van der Waals surface area contributed by atoms with Gasteiger partial charge in [0.05, 0.1) is 16.8 Å². The molecule has 3 heterocycles. The molecule has 4 rings (SSSR count). The first-order chi connectivity index (χ1) is 17.6. The second-order valence-corrected chi connectivity index (χ2v) is 11.6. The van der Waals surface area contributed by atoms with E-state index in [4.69, 9.17) is 32.8 Å². The van der Waals surface area contributed by atoms with Crippen molar-refractivity contribution < 1.29 is 18.8 Å². The van der Waals surface area contributed by atoms with Crippen LogP contribution >= 0.6 is 23.2 Å². The van der Waals surface area contributed by atoms with E-state index in [2.05, 4.69) is 10.1 Å². The number of hydrogen-bond donors (Lipinski definition) is 0. The fourth-order valence-corrected chi connectivity index (χ4v) is 4.43. The highest BCUT2D eigenvalue weighted by molar-refractivity contribution is 6.36. The van der Waals surface area contributed by atoms with Gasteiger partial charge in [-0.2, -0.15) is 9.67 Å². The van der Waals surface area contributed by atoms with Gasteiger partial charge in [0.1, 0.15) is 16.9 Å². The van der Waals surface area contributed by atoms with Gasteiger partial charge in [-0.1, -0.05) is 23.2 Å². The third kappa shape index (κ3) is 5.28. The summed E-state index contributed by atoms with van der Waals surface area (Å²) in [4.78, 5) is 36.9. The van der Waals surface area contributed by atoms with Crippen LogP contribution in [0.15, 0.2) is 41.6 Å². The molecule has 0 aliphatic heterocycles. The fraction of sp³-hybridized carbons (Fsp3) is 0.385. The van der Waals surface area contributed by atoms with Gasteiger partial charge in [0.15, 0.2) is 11.8 Å². The molecular formula is C26H28Cl2FN5O4. The molecule has 1 unspecified atom stereocenters. The lowest BCUT2D eigenvalue weighted by atomic mass is 10.1. The molecule has 0 saturated carbocycles. The average molecular weight is 564 g/mol. The number of pyridine rings is 1. The Labute approximate surface area is 228 Å². The Balaban J connectivity index is 1.89. The molecule has 202 valence electrons. The van der Waals surface area contributed by atoms with Crippen molar-refractivity contribution in [2.24, 2.45) is 0 Å². The highest BCUT2D eigenvalue weighted by atomic mass is 35.5. The second kappa shape index (κ2) is 9.74. The SMILES string of the molecule is CC(On1c(=O)n(C(=O)OC(C)(C)C)c2ncc(-c3cnn(C(C)(C)C)c3)cc21)c1c(Cl)ccc(F)c1Cl. The van der Waals surface area contributed by atoms with Crippen LogP contribution in [0, 0.1) is 5.82 Å². The third-order valence-electron chi connectivity index (χ3n) is 5.57. The standard InChI is InChI=1S/C26H28Cl2FN5O4/c1-14(20-17(27)8-9-18(29)21(20)28)38-34-19-10-15(16-12-31-32(13-16)25(2,3)4)11-30-22(19)33(23(34)35)24(36)37-26(5,6)7/h8-14H,1-7H3. The maximum absolute atomic E-state index is 14.2. The van der Waals surface area contributed by atoms with Crippen molar-refractivity contribution >= 4 is 40.5 Å². The molecule has 1 aromatic carbocycles. The van der Waals surface area contributed by atoms with Crippen LogP contribution < -0.4 is 10.5 Å². The summed E-state index contributed by atoms with van der Waals surface area (Å²) >= 11 is 12.4. The number of carbonyl (C=O) groups excluding carboxylic acids is 1. The highest BCUT2D eigenvalue weighted by Gasteiger charge is 2.28. The van der Waals surface area contributed by atoms with Crippen LogP contribution in [-0.2, 0) is 10.3 Å². The number of carbonyl (C=O) groups is 1. The maximum Gasteiger partial charge on any atom is 0.424 e. The van der Waals surface area contributed by atoms with E-state index in [0.717, 1.165) is 20.9 Å². The average Bonchev–Trinajstić information content (AvgIpc) is 3.39. The molecule has 0 aliphatic carbocycles. The van der Waals surface area contributed by atoms with E-state index < -0.39 is 29.3 Å². The Morgan fingerprint density at radius 2 is 1.76 bits per heavy atom. The molecule has 38 heavy (non-hydrogen) atoms. The van der Waals surface area contributed by atoms with Crippen LogP contribution in [0.25, 0.3) is 22.3 Å². The number of aromatic nitrogens is 5. The molecule has 1 atom stereocenters. The third-order valence-corrected chi connectivity index (χ3v) is 6.29. The number of benzene rings is 1. The zero-order chi connectivity index (χ0) is 28.2. The minimum absolute atomic E-state index is 0.0137. The van der Waals surface area contributed by atoms with E-state index in [-0.39, 0.29) is 32.3 Å². The van der Waals surface area contributed by atoms with Crippen LogP contribution in [-0.4, -0.2) is 35.8 Å². The van der Waals surface area contributed by atoms with Gasteiger partial charge >= 0.3 is 11.8 Å². The minimum atomic E-state index is -0.978. The minimum Gasteiger partial charge on any atom is -0.443 e.